The Morgan fingerprint density at radius 1 is 1.40 bits per heavy atom. The summed E-state index contributed by atoms with van der Waals surface area (Å²) in [4.78, 5) is 11.4. The molecule has 0 aromatic carbocycles. The Balaban J connectivity index is 2.03. The normalized spacial score (nSPS) is 30.6. The van der Waals surface area contributed by atoms with Gasteiger partial charge in [-0.2, -0.15) is 4.31 Å². The smallest absolute Gasteiger partial charge is 0.322 e. The van der Waals surface area contributed by atoms with Crippen LogP contribution >= 0.6 is 22.9 Å². The molecule has 3 atom stereocenters. The van der Waals surface area contributed by atoms with Crippen molar-refractivity contribution < 1.29 is 18.3 Å². The molecule has 0 bridgehead atoms. The average molecular weight is 336 g/mol. The van der Waals surface area contributed by atoms with Crippen LogP contribution in [0.2, 0.25) is 4.34 Å². The number of hydrogen-bond acceptors (Lipinski definition) is 4. The summed E-state index contributed by atoms with van der Waals surface area (Å²) in [6.45, 7) is 0. The molecule has 110 valence electrons. The van der Waals surface area contributed by atoms with E-state index in [1.165, 1.54) is 16.4 Å². The molecule has 1 aliphatic heterocycles. The molecule has 8 heteroatoms. The zero-order valence-corrected chi connectivity index (χ0v) is 12.9. The van der Waals surface area contributed by atoms with Crippen LogP contribution in [0, 0.1) is 5.92 Å². The number of aliphatic carboxylic acids is 1. The number of fused-ring (bicyclic) bond motifs is 1. The van der Waals surface area contributed by atoms with Crippen LogP contribution in [0.15, 0.2) is 16.3 Å². The highest BCUT2D eigenvalue weighted by Crippen LogP contribution is 2.45. The van der Waals surface area contributed by atoms with Crippen molar-refractivity contribution in [1.82, 2.24) is 4.31 Å². The predicted octanol–water partition coefficient (Wildman–Crippen LogP) is 2.42. The quantitative estimate of drug-likeness (QED) is 0.920. The van der Waals surface area contributed by atoms with Crippen LogP contribution < -0.4 is 0 Å². The van der Waals surface area contributed by atoms with Crippen LogP contribution in [0.25, 0.3) is 0 Å². The maximum atomic E-state index is 12.7. The molecule has 0 amide bonds. The van der Waals surface area contributed by atoms with Gasteiger partial charge in [0, 0.05) is 6.04 Å². The van der Waals surface area contributed by atoms with Gasteiger partial charge < -0.3 is 5.11 Å². The summed E-state index contributed by atoms with van der Waals surface area (Å²) in [5.41, 5.74) is 0. The Labute approximate surface area is 126 Å². The van der Waals surface area contributed by atoms with Gasteiger partial charge in [0.05, 0.1) is 4.34 Å². The summed E-state index contributed by atoms with van der Waals surface area (Å²) in [6.07, 6.45) is 3.02. The summed E-state index contributed by atoms with van der Waals surface area (Å²) >= 11 is 6.77. The molecule has 1 saturated carbocycles. The minimum absolute atomic E-state index is 0.126. The Hall–Kier alpha value is -0.630. The molecule has 1 N–H and O–H groups in total. The van der Waals surface area contributed by atoms with E-state index in [9.17, 15) is 18.3 Å². The van der Waals surface area contributed by atoms with E-state index in [-0.39, 0.29) is 16.2 Å². The fourth-order valence-electron chi connectivity index (χ4n) is 3.34. The number of rotatable bonds is 3. The van der Waals surface area contributed by atoms with Crippen LogP contribution in [-0.4, -0.2) is 35.9 Å². The summed E-state index contributed by atoms with van der Waals surface area (Å²) in [6, 6.07) is 1.85. The maximum absolute atomic E-state index is 12.7. The number of carbonyl (C=O) groups is 1. The first-order valence-electron chi connectivity index (χ1n) is 6.43. The predicted molar refractivity (Wildman–Crippen MR) is 75.5 cm³/mol. The molecule has 0 unspecified atom stereocenters. The Morgan fingerprint density at radius 2 is 2.15 bits per heavy atom. The Morgan fingerprint density at radius 3 is 2.75 bits per heavy atom. The van der Waals surface area contributed by atoms with E-state index in [0.29, 0.717) is 10.8 Å². The van der Waals surface area contributed by atoms with E-state index in [1.807, 2.05) is 0 Å². The Bertz CT molecular complexity index is 642. The third-order valence-electron chi connectivity index (χ3n) is 4.14. The number of hydrogen-bond donors (Lipinski definition) is 1. The van der Waals surface area contributed by atoms with E-state index in [0.717, 1.165) is 30.6 Å². The van der Waals surface area contributed by atoms with Crippen molar-refractivity contribution in [3.05, 3.63) is 16.5 Å². The third-order valence-corrected chi connectivity index (χ3v) is 7.78. The SMILES string of the molecule is O=C(O)[C@H]1C[C@H]2CCC[C@H]2N1S(=O)(=O)c1ccc(Cl)s1. The van der Waals surface area contributed by atoms with Crippen molar-refractivity contribution in [2.75, 3.05) is 0 Å². The molecule has 20 heavy (non-hydrogen) atoms. The highest BCUT2D eigenvalue weighted by atomic mass is 35.5. The van der Waals surface area contributed by atoms with Gasteiger partial charge in [-0.3, -0.25) is 4.79 Å². The van der Waals surface area contributed by atoms with Crippen molar-refractivity contribution in [3.63, 3.8) is 0 Å². The van der Waals surface area contributed by atoms with Crippen LogP contribution in [0.5, 0.6) is 0 Å². The highest BCUT2D eigenvalue weighted by Gasteiger charge is 2.52. The molecule has 0 radical (unpaired) electrons. The lowest BCUT2D eigenvalue weighted by atomic mass is 10.0. The zero-order chi connectivity index (χ0) is 14.5. The largest absolute Gasteiger partial charge is 0.480 e. The van der Waals surface area contributed by atoms with Gasteiger partial charge in [-0.15, -0.1) is 11.3 Å². The van der Waals surface area contributed by atoms with Crippen molar-refractivity contribution >= 4 is 38.9 Å². The van der Waals surface area contributed by atoms with Crippen molar-refractivity contribution in [3.8, 4) is 0 Å². The first-order valence-corrected chi connectivity index (χ1v) is 9.06. The second-order valence-electron chi connectivity index (χ2n) is 5.24. The van der Waals surface area contributed by atoms with Crippen molar-refractivity contribution in [2.24, 2.45) is 5.92 Å². The third kappa shape index (κ3) is 2.16. The summed E-state index contributed by atoms with van der Waals surface area (Å²) < 4.78 is 27.2. The standard InChI is InChI=1S/C12H14ClNO4S2/c13-10-4-5-11(19-10)20(17,18)14-8-3-1-2-7(8)6-9(14)12(15)16/h4-5,7-9H,1-3,6H2,(H,15,16)/t7-,8-,9-/m1/s1. The number of sulfonamides is 1. The van der Waals surface area contributed by atoms with E-state index in [4.69, 9.17) is 11.6 Å². The van der Waals surface area contributed by atoms with E-state index < -0.39 is 22.0 Å². The Kier molecular flexibility index (Phi) is 3.56. The molecule has 1 aliphatic carbocycles. The average Bonchev–Trinajstić information content (AvgIpc) is 3.00. The topological polar surface area (TPSA) is 74.7 Å². The van der Waals surface area contributed by atoms with Crippen molar-refractivity contribution in [2.45, 2.75) is 42.0 Å². The molecule has 1 saturated heterocycles. The van der Waals surface area contributed by atoms with Gasteiger partial charge in [-0.25, -0.2) is 8.42 Å². The molecule has 2 fully saturated rings. The van der Waals surface area contributed by atoms with Gasteiger partial charge in [0.15, 0.2) is 0 Å². The fourth-order valence-corrected chi connectivity index (χ4v) is 6.80. The molecule has 2 heterocycles. The molecule has 1 aromatic rings. The molecular formula is C12H14ClNO4S2. The van der Waals surface area contributed by atoms with Gasteiger partial charge in [0.1, 0.15) is 10.3 Å². The summed E-state index contributed by atoms with van der Waals surface area (Å²) in [5, 5.41) is 9.33. The minimum atomic E-state index is -3.78. The first-order chi connectivity index (χ1) is 9.41. The molecule has 5 nitrogen and oxygen atoms in total. The maximum Gasteiger partial charge on any atom is 0.322 e. The molecule has 3 rings (SSSR count). The van der Waals surface area contributed by atoms with E-state index in [2.05, 4.69) is 0 Å². The van der Waals surface area contributed by atoms with Crippen LogP contribution in [0.1, 0.15) is 25.7 Å². The molecule has 2 aliphatic rings. The van der Waals surface area contributed by atoms with Crippen LogP contribution in [0.3, 0.4) is 0 Å². The minimum Gasteiger partial charge on any atom is -0.480 e. The van der Waals surface area contributed by atoms with Crippen LogP contribution in [0.4, 0.5) is 0 Å². The van der Waals surface area contributed by atoms with E-state index in [1.54, 1.807) is 0 Å². The number of carboxylic acids is 1. The second-order valence-corrected chi connectivity index (χ2v) is 9.03. The van der Waals surface area contributed by atoms with Gasteiger partial charge in [0.25, 0.3) is 10.0 Å². The lowest BCUT2D eigenvalue weighted by molar-refractivity contribution is -0.141. The molecule has 0 spiro atoms. The van der Waals surface area contributed by atoms with Gasteiger partial charge in [0.2, 0.25) is 0 Å². The monoisotopic (exact) mass is 335 g/mol. The first kappa shape index (κ1) is 14.3. The fraction of sp³-hybridized carbons (Fsp3) is 0.583. The molecular weight excluding hydrogens is 322 g/mol. The van der Waals surface area contributed by atoms with Crippen molar-refractivity contribution in [1.29, 1.82) is 0 Å². The number of halogens is 1. The number of nitrogens with zero attached hydrogens (tertiary/aromatic N) is 1. The lowest BCUT2D eigenvalue weighted by Gasteiger charge is -2.25. The summed E-state index contributed by atoms with van der Waals surface area (Å²) in [5.74, 6) is -0.896. The number of carboxylic acid groups (broad SMARTS) is 1. The van der Waals surface area contributed by atoms with E-state index >= 15 is 0 Å². The highest BCUT2D eigenvalue weighted by molar-refractivity contribution is 7.91. The number of thiophene rings is 1. The van der Waals surface area contributed by atoms with Crippen LogP contribution in [-0.2, 0) is 14.8 Å². The lowest BCUT2D eigenvalue weighted by Crippen LogP contribution is -2.44. The molecule has 1 aromatic heterocycles. The zero-order valence-electron chi connectivity index (χ0n) is 10.5. The summed E-state index contributed by atoms with van der Waals surface area (Å²) in [7, 11) is -3.78. The second kappa shape index (κ2) is 4.98. The van der Waals surface area contributed by atoms with Gasteiger partial charge in [-0.05, 0) is 37.3 Å². The van der Waals surface area contributed by atoms with Gasteiger partial charge >= 0.3 is 5.97 Å². The van der Waals surface area contributed by atoms with Gasteiger partial charge in [-0.1, -0.05) is 18.0 Å².